The van der Waals surface area contributed by atoms with Crippen LogP contribution in [0.5, 0.6) is 0 Å². The molecule has 1 amide bonds. The molecule has 27 heavy (non-hydrogen) atoms. The molecule has 0 aliphatic carbocycles. The number of benzene rings is 2. The Bertz CT molecular complexity index is 791. The van der Waals surface area contributed by atoms with Crippen LogP contribution in [0, 0.1) is 12.8 Å². The fourth-order valence-corrected chi connectivity index (χ4v) is 4.51. The molecule has 2 aromatic carbocycles. The van der Waals surface area contributed by atoms with Crippen molar-refractivity contribution in [2.45, 2.75) is 45.2 Å². The van der Waals surface area contributed by atoms with Crippen LogP contribution in [0.4, 0.5) is 0 Å². The van der Waals surface area contributed by atoms with Gasteiger partial charge in [-0.15, -0.1) is 0 Å². The van der Waals surface area contributed by atoms with E-state index in [-0.39, 0.29) is 21.3 Å². The van der Waals surface area contributed by atoms with Gasteiger partial charge in [0.25, 0.3) is 5.91 Å². The highest BCUT2D eigenvalue weighted by Gasteiger charge is 2.43. The first-order valence-electron chi connectivity index (χ1n) is 9.17. The van der Waals surface area contributed by atoms with Crippen LogP contribution in [-0.2, 0) is 4.79 Å². The molecule has 2 rings (SSSR count). The van der Waals surface area contributed by atoms with Crippen molar-refractivity contribution in [1.82, 2.24) is 5.32 Å². The van der Waals surface area contributed by atoms with Crippen molar-refractivity contribution < 1.29 is 14.7 Å². The smallest absolute Gasteiger partial charge is 0.308 e. The van der Waals surface area contributed by atoms with Crippen LogP contribution in [0.25, 0.3) is 0 Å². The van der Waals surface area contributed by atoms with E-state index in [2.05, 4.69) is 5.32 Å². The van der Waals surface area contributed by atoms with E-state index in [0.717, 1.165) is 10.8 Å². The zero-order valence-corrected chi connectivity index (χ0v) is 17.3. The van der Waals surface area contributed by atoms with E-state index < -0.39 is 17.0 Å². The predicted molar refractivity (Wildman–Crippen MR) is 110 cm³/mol. The number of amides is 1. The SMILES string of the molecule is Cc1ccccc1[Si]C(C)(C(=O)O)C(CC(C)C)NC(=O)c1ccccc1. The van der Waals surface area contributed by atoms with Gasteiger partial charge in [-0.1, -0.05) is 67.1 Å². The second-order valence-electron chi connectivity index (χ2n) is 7.47. The Morgan fingerprint density at radius 1 is 1.07 bits per heavy atom. The molecule has 142 valence electrons. The van der Waals surface area contributed by atoms with E-state index in [0.29, 0.717) is 12.0 Å². The molecule has 0 aromatic heterocycles. The molecule has 2 N–H and O–H groups in total. The molecule has 0 heterocycles. The van der Waals surface area contributed by atoms with Crippen LogP contribution in [0.1, 0.15) is 43.1 Å². The van der Waals surface area contributed by atoms with E-state index >= 15 is 0 Å². The lowest BCUT2D eigenvalue weighted by Gasteiger charge is -2.35. The molecule has 4 nitrogen and oxygen atoms in total. The molecule has 0 aliphatic rings. The molecule has 2 atom stereocenters. The number of rotatable bonds is 8. The lowest BCUT2D eigenvalue weighted by molar-refractivity contribution is -0.141. The summed E-state index contributed by atoms with van der Waals surface area (Å²) in [6.45, 7) is 7.82. The van der Waals surface area contributed by atoms with Gasteiger partial charge in [-0.2, -0.15) is 0 Å². The van der Waals surface area contributed by atoms with E-state index in [1.54, 1.807) is 31.2 Å². The molecule has 0 saturated heterocycles. The first-order chi connectivity index (χ1) is 12.7. The molecular weight excluding hydrogens is 354 g/mol. The predicted octanol–water partition coefficient (Wildman–Crippen LogP) is 3.43. The van der Waals surface area contributed by atoms with Crippen LogP contribution in [0.2, 0.25) is 5.04 Å². The first-order valence-corrected chi connectivity index (χ1v) is 10.2. The Morgan fingerprint density at radius 2 is 1.67 bits per heavy atom. The third-order valence-electron chi connectivity index (χ3n) is 4.73. The number of carboxylic acid groups (broad SMARTS) is 1. The Morgan fingerprint density at radius 3 is 2.22 bits per heavy atom. The van der Waals surface area contributed by atoms with E-state index in [9.17, 15) is 14.7 Å². The Labute approximate surface area is 163 Å². The average Bonchev–Trinajstić information content (AvgIpc) is 2.63. The second kappa shape index (κ2) is 9.00. The summed E-state index contributed by atoms with van der Waals surface area (Å²) in [5, 5.41) is 13.1. The van der Waals surface area contributed by atoms with Gasteiger partial charge < -0.3 is 10.4 Å². The molecule has 0 spiro atoms. The van der Waals surface area contributed by atoms with Crippen LogP contribution in [0.3, 0.4) is 0 Å². The molecule has 0 saturated carbocycles. The molecule has 2 unspecified atom stereocenters. The summed E-state index contributed by atoms with van der Waals surface area (Å²) in [5.41, 5.74) is 1.61. The van der Waals surface area contributed by atoms with E-state index in [4.69, 9.17) is 0 Å². The van der Waals surface area contributed by atoms with Crippen molar-refractivity contribution in [3.05, 3.63) is 65.7 Å². The minimum atomic E-state index is -1.08. The number of aryl methyl sites for hydroxylation is 1. The fraction of sp³-hybridized carbons (Fsp3) is 0.364. The van der Waals surface area contributed by atoms with Crippen LogP contribution >= 0.6 is 0 Å². The minimum Gasteiger partial charge on any atom is -0.481 e. The lowest BCUT2D eigenvalue weighted by Crippen LogP contribution is -2.52. The molecule has 2 aromatic rings. The van der Waals surface area contributed by atoms with Crippen molar-refractivity contribution in [2.24, 2.45) is 5.92 Å². The number of nitrogens with one attached hydrogen (secondary N) is 1. The quantitative estimate of drug-likeness (QED) is 0.689. The summed E-state index contributed by atoms with van der Waals surface area (Å²) in [7, 11) is 0.0505. The standard InChI is InChI=1S/C22H27NO3Si/c1-15(2)14-19(23-20(24)17-11-6-5-7-12-17)22(4,21(25)26)27-18-13-9-8-10-16(18)3/h5-13,15,19H,14H2,1-4H3,(H,23,24)(H,25,26). The third-order valence-corrected chi connectivity index (χ3v) is 6.64. The Balaban J connectivity index is 2.35. The van der Waals surface area contributed by atoms with Crippen LogP contribution in [-0.4, -0.2) is 32.5 Å². The third kappa shape index (κ3) is 5.29. The van der Waals surface area contributed by atoms with Crippen molar-refractivity contribution in [1.29, 1.82) is 0 Å². The highest BCUT2D eigenvalue weighted by atomic mass is 28.2. The maximum Gasteiger partial charge on any atom is 0.308 e. The van der Waals surface area contributed by atoms with E-state index in [1.165, 1.54) is 0 Å². The number of aliphatic carboxylic acids is 1. The summed E-state index contributed by atoms with van der Waals surface area (Å²) in [5.74, 6) is -0.863. The normalized spacial score (nSPS) is 14.4. The Hall–Kier alpha value is -2.40. The van der Waals surface area contributed by atoms with Gasteiger partial charge in [0.2, 0.25) is 0 Å². The van der Waals surface area contributed by atoms with Crippen molar-refractivity contribution in [3.8, 4) is 0 Å². The molecule has 0 bridgehead atoms. The topological polar surface area (TPSA) is 66.4 Å². The first kappa shape index (κ1) is 20.9. The van der Waals surface area contributed by atoms with Crippen molar-refractivity contribution in [3.63, 3.8) is 0 Å². The summed E-state index contributed by atoms with van der Waals surface area (Å²) >= 11 is 0. The fourth-order valence-electron chi connectivity index (χ4n) is 3.02. The van der Waals surface area contributed by atoms with Crippen LogP contribution < -0.4 is 10.5 Å². The lowest BCUT2D eigenvalue weighted by atomic mass is 9.91. The van der Waals surface area contributed by atoms with Gasteiger partial charge in [0.15, 0.2) is 0 Å². The van der Waals surface area contributed by atoms with Gasteiger partial charge in [0, 0.05) is 11.6 Å². The van der Waals surface area contributed by atoms with Crippen molar-refractivity contribution in [2.75, 3.05) is 0 Å². The second-order valence-corrected chi connectivity index (χ2v) is 9.30. The number of carbonyl (C=O) groups is 2. The zero-order valence-electron chi connectivity index (χ0n) is 16.3. The number of hydrogen-bond acceptors (Lipinski definition) is 2. The van der Waals surface area contributed by atoms with Crippen molar-refractivity contribution >= 4 is 26.6 Å². The number of carboxylic acids is 1. The van der Waals surface area contributed by atoms with Gasteiger partial charge in [0.1, 0.15) is 9.52 Å². The Kier molecular flexibility index (Phi) is 6.96. The number of carbonyl (C=O) groups excluding carboxylic acids is 1. The monoisotopic (exact) mass is 381 g/mol. The van der Waals surface area contributed by atoms with Gasteiger partial charge in [-0.3, -0.25) is 9.59 Å². The van der Waals surface area contributed by atoms with E-state index in [1.807, 2.05) is 51.1 Å². The molecule has 5 heteroatoms. The minimum absolute atomic E-state index is 0.0505. The summed E-state index contributed by atoms with van der Waals surface area (Å²) in [6, 6.07) is 16.3. The molecular formula is C22H27NO3Si. The largest absolute Gasteiger partial charge is 0.481 e. The van der Waals surface area contributed by atoms with Gasteiger partial charge in [-0.25, -0.2) is 0 Å². The molecule has 0 aliphatic heterocycles. The maximum absolute atomic E-state index is 12.7. The highest BCUT2D eigenvalue weighted by molar-refractivity contribution is 6.61. The van der Waals surface area contributed by atoms with Gasteiger partial charge in [-0.05, 0) is 38.3 Å². The maximum atomic E-state index is 12.7. The average molecular weight is 382 g/mol. The van der Waals surface area contributed by atoms with Crippen LogP contribution in [0.15, 0.2) is 54.6 Å². The number of hydrogen-bond donors (Lipinski definition) is 2. The highest BCUT2D eigenvalue weighted by Crippen LogP contribution is 2.33. The van der Waals surface area contributed by atoms with Gasteiger partial charge >= 0.3 is 5.97 Å². The van der Waals surface area contributed by atoms with Gasteiger partial charge in [0.05, 0.1) is 5.04 Å². The summed E-state index contributed by atoms with van der Waals surface area (Å²) in [4.78, 5) is 25.1. The summed E-state index contributed by atoms with van der Waals surface area (Å²) in [6.07, 6.45) is 0.597. The molecule has 2 radical (unpaired) electrons. The summed E-state index contributed by atoms with van der Waals surface area (Å²) < 4.78 is 0. The molecule has 0 fully saturated rings. The zero-order chi connectivity index (χ0) is 20.0.